The molecule has 0 radical (unpaired) electrons. The van der Waals surface area contributed by atoms with E-state index in [-0.39, 0.29) is 11.3 Å². The van der Waals surface area contributed by atoms with Crippen LogP contribution in [-0.4, -0.2) is 20.9 Å². The predicted octanol–water partition coefficient (Wildman–Crippen LogP) is 1.64. The summed E-state index contributed by atoms with van der Waals surface area (Å²) in [6.45, 7) is 2.34. The Hall–Kier alpha value is -2.38. The second-order valence-electron chi connectivity index (χ2n) is 4.72. The first kappa shape index (κ1) is 17.0. The lowest BCUT2D eigenvalue weighted by molar-refractivity contribution is -0.120. The fraction of sp³-hybridized carbons (Fsp3) is 0.188. The lowest BCUT2D eigenvalue weighted by atomic mass is 10.1. The van der Waals surface area contributed by atoms with Crippen LogP contribution in [-0.2, 0) is 21.2 Å². The minimum absolute atomic E-state index is 0.0426. The second-order valence-corrected chi connectivity index (χ2v) is 6.40. The average molecular weight is 334 g/mol. The Kier molecular flexibility index (Phi) is 5.72. The normalized spacial score (nSPS) is 11.0. The van der Waals surface area contributed by atoms with Crippen LogP contribution in [0.2, 0.25) is 0 Å². The lowest BCUT2D eigenvalue weighted by Crippen LogP contribution is -2.42. The SMILES string of the molecule is CCOc1ccc(S(=O)(=O)NNC(=O)Cc2ccccc2)cc1. The van der Waals surface area contributed by atoms with Gasteiger partial charge >= 0.3 is 0 Å². The summed E-state index contributed by atoms with van der Waals surface area (Å²) in [5.74, 6) is 0.144. The van der Waals surface area contributed by atoms with Crippen LogP contribution in [0.25, 0.3) is 0 Å². The van der Waals surface area contributed by atoms with Gasteiger partial charge in [0.2, 0.25) is 5.91 Å². The number of carbonyl (C=O) groups is 1. The van der Waals surface area contributed by atoms with E-state index >= 15 is 0 Å². The van der Waals surface area contributed by atoms with E-state index in [9.17, 15) is 13.2 Å². The molecule has 0 bridgehead atoms. The van der Waals surface area contributed by atoms with Crippen molar-refractivity contribution in [2.45, 2.75) is 18.2 Å². The number of nitrogens with one attached hydrogen (secondary N) is 2. The molecule has 0 spiro atoms. The molecule has 23 heavy (non-hydrogen) atoms. The summed E-state index contributed by atoms with van der Waals surface area (Å²) in [5, 5.41) is 0. The predicted molar refractivity (Wildman–Crippen MR) is 86.2 cm³/mol. The smallest absolute Gasteiger partial charge is 0.257 e. The molecular weight excluding hydrogens is 316 g/mol. The molecule has 7 heteroatoms. The Balaban J connectivity index is 1.94. The van der Waals surface area contributed by atoms with Crippen molar-refractivity contribution in [1.29, 1.82) is 0 Å². The van der Waals surface area contributed by atoms with Crippen LogP contribution >= 0.6 is 0 Å². The summed E-state index contributed by atoms with van der Waals surface area (Å²) in [4.78, 5) is 13.9. The van der Waals surface area contributed by atoms with Crippen LogP contribution in [0.5, 0.6) is 5.75 Å². The van der Waals surface area contributed by atoms with Crippen LogP contribution < -0.4 is 15.0 Å². The molecule has 1 amide bonds. The summed E-state index contributed by atoms with van der Waals surface area (Å²) in [6, 6.07) is 15.0. The van der Waals surface area contributed by atoms with Gasteiger partial charge in [-0.3, -0.25) is 10.2 Å². The molecule has 0 fully saturated rings. The third kappa shape index (κ3) is 5.08. The molecule has 2 aromatic carbocycles. The maximum absolute atomic E-state index is 12.1. The maximum atomic E-state index is 12.1. The van der Waals surface area contributed by atoms with Crippen molar-refractivity contribution in [3.05, 3.63) is 60.2 Å². The lowest BCUT2D eigenvalue weighted by Gasteiger charge is -2.09. The Labute approximate surface area is 135 Å². The van der Waals surface area contributed by atoms with E-state index in [1.807, 2.05) is 25.1 Å². The molecule has 2 N–H and O–H groups in total. The number of benzene rings is 2. The van der Waals surface area contributed by atoms with E-state index in [0.717, 1.165) is 5.56 Å². The van der Waals surface area contributed by atoms with Crippen LogP contribution in [0, 0.1) is 0 Å². The molecule has 122 valence electrons. The van der Waals surface area contributed by atoms with E-state index in [1.165, 1.54) is 12.1 Å². The Morgan fingerprint density at radius 2 is 1.70 bits per heavy atom. The largest absolute Gasteiger partial charge is 0.494 e. The van der Waals surface area contributed by atoms with E-state index in [1.54, 1.807) is 24.3 Å². The zero-order valence-electron chi connectivity index (χ0n) is 12.7. The highest BCUT2D eigenvalue weighted by molar-refractivity contribution is 7.89. The fourth-order valence-electron chi connectivity index (χ4n) is 1.89. The quantitative estimate of drug-likeness (QED) is 0.754. The molecule has 0 aliphatic rings. The number of hydrazine groups is 1. The van der Waals surface area contributed by atoms with Gasteiger partial charge < -0.3 is 4.74 Å². The fourth-order valence-corrected chi connectivity index (χ4v) is 2.75. The van der Waals surface area contributed by atoms with Gasteiger partial charge in [-0.1, -0.05) is 30.3 Å². The highest BCUT2D eigenvalue weighted by Crippen LogP contribution is 2.15. The van der Waals surface area contributed by atoms with Crippen molar-refractivity contribution in [3.8, 4) is 5.75 Å². The summed E-state index contributed by atoms with van der Waals surface area (Å²) in [5.41, 5.74) is 3.00. The molecule has 2 rings (SSSR count). The van der Waals surface area contributed by atoms with Crippen LogP contribution in [0.15, 0.2) is 59.5 Å². The first-order chi connectivity index (χ1) is 11.0. The number of carbonyl (C=O) groups excluding carboxylic acids is 1. The third-order valence-corrected chi connectivity index (χ3v) is 4.24. The summed E-state index contributed by atoms with van der Waals surface area (Å²) in [6.07, 6.45) is 0.0899. The molecule has 2 aromatic rings. The van der Waals surface area contributed by atoms with Gasteiger partial charge in [-0.25, -0.2) is 8.42 Å². The molecule has 6 nitrogen and oxygen atoms in total. The molecule has 0 atom stereocenters. The van der Waals surface area contributed by atoms with Gasteiger partial charge in [0.05, 0.1) is 17.9 Å². The Morgan fingerprint density at radius 1 is 1.04 bits per heavy atom. The third-order valence-electron chi connectivity index (χ3n) is 2.98. The second kappa shape index (κ2) is 7.75. The number of sulfonamides is 1. The van der Waals surface area contributed by atoms with Gasteiger partial charge in [-0.15, -0.1) is 4.83 Å². The minimum Gasteiger partial charge on any atom is -0.494 e. The first-order valence-corrected chi connectivity index (χ1v) is 8.57. The molecule has 0 aromatic heterocycles. The number of ether oxygens (including phenoxy) is 1. The van der Waals surface area contributed by atoms with Crippen molar-refractivity contribution in [1.82, 2.24) is 10.3 Å². The van der Waals surface area contributed by atoms with Crippen molar-refractivity contribution >= 4 is 15.9 Å². The van der Waals surface area contributed by atoms with E-state index < -0.39 is 15.9 Å². The van der Waals surface area contributed by atoms with Gasteiger partial charge in [0.1, 0.15) is 5.75 Å². The van der Waals surface area contributed by atoms with Gasteiger partial charge in [0.25, 0.3) is 10.0 Å². The van der Waals surface area contributed by atoms with Gasteiger partial charge in [-0.05, 0) is 36.8 Å². The summed E-state index contributed by atoms with van der Waals surface area (Å²) in [7, 11) is -3.82. The zero-order valence-corrected chi connectivity index (χ0v) is 13.5. The Morgan fingerprint density at radius 3 is 2.30 bits per heavy atom. The summed E-state index contributed by atoms with van der Waals surface area (Å²) < 4.78 is 29.4. The molecule has 0 saturated heterocycles. The van der Waals surface area contributed by atoms with E-state index in [2.05, 4.69) is 10.3 Å². The maximum Gasteiger partial charge on any atom is 0.257 e. The van der Waals surface area contributed by atoms with Gasteiger partial charge in [-0.2, -0.15) is 0 Å². The molecule has 0 aliphatic carbocycles. The minimum atomic E-state index is -3.82. The van der Waals surface area contributed by atoms with Crippen molar-refractivity contribution in [2.24, 2.45) is 0 Å². The number of hydrogen-bond acceptors (Lipinski definition) is 4. The molecule has 0 heterocycles. The molecule has 0 saturated carbocycles. The topological polar surface area (TPSA) is 84.5 Å². The number of rotatable bonds is 7. The van der Waals surface area contributed by atoms with Crippen molar-refractivity contribution < 1.29 is 17.9 Å². The van der Waals surface area contributed by atoms with Crippen LogP contribution in [0.4, 0.5) is 0 Å². The molecule has 0 unspecified atom stereocenters. The zero-order chi connectivity index (χ0) is 16.7. The van der Waals surface area contributed by atoms with E-state index in [4.69, 9.17) is 4.74 Å². The number of hydrogen-bond donors (Lipinski definition) is 2. The summed E-state index contributed by atoms with van der Waals surface area (Å²) >= 11 is 0. The molecular formula is C16H18N2O4S. The first-order valence-electron chi connectivity index (χ1n) is 7.08. The van der Waals surface area contributed by atoms with Crippen molar-refractivity contribution in [3.63, 3.8) is 0 Å². The standard InChI is InChI=1S/C16H18N2O4S/c1-2-22-14-8-10-15(11-9-14)23(20,21)18-17-16(19)12-13-6-4-3-5-7-13/h3-11,18H,2,12H2,1H3,(H,17,19). The van der Waals surface area contributed by atoms with Crippen molar-refractivity contribution in [2.75, 3.05) is 6.61 Å². The van der Waals surface area contributed by atoms with Crippen LogP contribution in [0.1, 0.15) is 12.5 Å². The van der Waals surface area contributed by atoms with E-state index in [0.29, 0.717) is 12.4 Å². The number of amides is 1. The Bertz CT molecular complexity index is 743. The van der Waals surface area contributed by atoms with Crippen LogP contribution in [0.3, 0.4) is 0 Å². The highest BCUT2D eigenvalue weighted by atomic mass is 32.2. The van der Waals surface area contributed by atoms with Gasteiger partial charge in [0, 0.05) is 0 Å². The monoisotopic (exact) mass is 334 g/mol. The highest BCUT2D eigenvalue weighted by Gasteiger charge is 2.15. The average Bonchev–Trinajstić information content (AvgIpc) is 2.55. The van der Waals surface area contributed by atoms with Gasteiger partial charge in [0.15, 0.2) is 0 Å². The molecule has 0 aliphatic heterocycles.